The number of carbonyl (C=O) groups is 1. The second-order valence-electron chi connectivity index (χ2n) is 4.15. The van der Waals surface area contributed by atoms with Crippen LogP contribution >= 0.6 is 0 Å². The molecule has 0 amide bonds. The minimum Gasteiger partial charge on any atom is -0.481 e. The normalized spacial score (nSPS) is 15.4. The first-order chi connectivity index (χ1) is 7.13. The van der Waals surface area contributed by atoms with Crippen molar-refractivity contribution in [3.05, 3.63) is 12.2 Å². The van der Waals surface area contributed by atoms with E-state index in [9.17, 15) is 4.79 Å². The van der Waals surface area contributed by atoms with Crippen molar-refractivity contribution < 1.29 is 9.90 Å². The first kappa shape index (κ1) is 14.2. The van der Waals surface area contributed by atoms with Crippen LogP contribution in [0.1, 0.15) is 52.9 Å². The molecular weight excluding hydrogens is 188 g/mol. The van der Waals surface area contributed by atoms with E-state index in [0.717, 1.165) is 25.7 Å². The fraction of sp³-hybridized carbons (Fsp3) is 0.769. The lowest BCUT2D eigenvalue weighted by Gasteiger charge is -2.18. The van der Waals surface area contributed by atoms with E-state index >= 15 is 0 Å². The summed E-state index contributed by atoms with van der Waals surface area (Å²) in [4.78, 5) is 10.8. The van der Waals surface area contributed by atoms with Gasteiger partial charge in [0.15, 0.2) is 0 Å². The topological polar surface area (TPSA) is 37.3 Å². The highest BCUT2D eigenvalue weighted by Crippen LogP contribution is 2.22. The summed E-state index contributed by atoms with van der Waals surface area (Å²) >= 11 is 0. The monoisotopic (exact) mass is 212 g/mol. The van der Waals surface area contributed by atoms with Gasteiger partial charge in [-0.3, -0.25) is 4.79 Å². The Bertz CT molecular complexity index is 197. The Morgan fingerprint density at radius 3 is 2.53 bits per heavy atom. The van der Waals surface area contributed by atoms with Crippen molar-refractivity contribution in [3.8, 4) is 0 Å². The van der Waals surface area contributed by atoms with Gasteiger partial charge in [0.25, 0.3) is 0 Å². The number of hydrogen-bond donors (Lipinski definition) is 1. The largest absolute Gasteiger partial charge is 0.481 e. The van der Waals surface area contributed by atoms with Crippen molar-refractivity contribution in [2.24, 2.45) is 11.8 Å². The van der Waals surface area contributed by atoms with Gasteiger partial charge in [0.05, 0.1) is 5.92 Å². The summed E-state index contributed by atoms with van der Waals surface area (Å²) < 4.78 is 0. The SMILES string of the molecule is CC=CCCCCC(CC)C(C)C(=O)O. The Kier molecular flexibility index (Phi) is 8.06. The van der Waals surface area contributed by atoms with Crippen molar-refractivity contribution in [1.29, 1.82) is 0 Å². The fourth-order valence-corrected chi connectivity index (χ4v) is 1.84. The van der Waals surface area contributed by atoms with Gasteiger partial charge in [-0.15, -0.1) is 0 Å². The molecule has 0 aromatic rings. The van der Waals surface area contributed by atoms with Crippen LogP contribution in [0.15, 0.2) is 12.2 Å². The summed E-state index contributed by atoms with van der Waals surface area (Å²) in [6.07, 6.45) is 9.68. The summed E-state index contributed by atoms with van der Waals surface area (Å²) in [7, 11) is 0. The van der Waals surface area contributed by atoms with Crippen LogP contribution < -0.4 is 0 Å². The minimum absolute atomic E-state index is 0.197. The van der Waals surface area contributed by atoms with Crippen molar-refractivity contribution in [2.45, 2.75) is 52.9 Å². The fourth-order valence-electron chi connectivity index (χ4n) is 1.84. The van der Waals surface area contributed by atoms with Crippen molar-refractivity contribution in [2.75, 3.05) is 0 Å². The predicted octanol–water partition coefficient (Wildman–Crippen LogP) is 3.87. The van der Waals surface area contributed by atoms with Gasteiger partial charge in [-0.25, -0.2) is 0 Å². The maximum Gasteiger partial charge on any atom is 0.306 e. The Morgan fingerprint density at radius 2 is 2.07 bits per heavy atom. The summed E-state index contributed by atoms with van der Waals surface area (Å²) in [6, 6.07) is 0. The molecule has 0 saturated carbocycles. The lowest BCUT2D eigenvalue weighted by atomic mass is 9.87. The van der Waals surface area contributed by atoms with E-state index in [4.69, 9.17) is 5.11 Å². The zero-order valence-electron chi connectivity index (χ0n) is 10.2. The quantitative estimate of drug-likeness (QED) is 0.490. The van der Waals surface area contributed by atoms with Crippen molar-refractivity contribution in [3.63, 3.8) is 0 Å². The van der Waals surface area contributed by atoms with Gasteiger partial charge in [0.1, 0.15) is 0 Å². The van der Waals surface area contributed by atoms with Gasteiger partial charge in [-0.05, 0) is 32.1 Å². The van der Waals surface area contributed by atoms with Crippen LogP contribution in [0.5, 0.6) is 0 Å². The average molecular weight is 212 g/mol. The molecule has 0 rings (SSSR count). The van der Waals surface area contributed by atoms with Crippen LogP contribution in [-0.2, 0) is 4.79 Å². The molecule has 2 nitrogen and oxygen atoms in total. The van der Waals surface area contributed by atoms with Gasteiger partial charge in [0, 0.05) is 0 Å². The molecule has 0 aliphatic rings. The summed E-state index contributed by atoms with van der Waals surface area (Å²) in [5, 5.41) is 8.91. The Hall–Kier alpha value is -0.790. The van der Waals surface area contributed by atoms with Gasteiger partial charge in [0.2, 0.25) is 0 Å². The van der Waals surface area contributed by atoms with Crippen molar-refractivity contribution >= 4 is 5.97 Å². The number of hydrogen-bond acceptors (Lipinski definition) is 1. The number of unbranched alkanes of at least 4 members (excludes halogenated alkanes) is 2. The molecule has 0 heterocycles. The molecule has 0 bridgehead atoms. The molecule has 0 spiro atoms. The van der Waals surface area contributed by atoms with Crippen LogP contribution in [0.2, 0.25) is 0 Å². The van der Waals surface area contributed by atoms with Crippen LogP contribution in [0, 0.1) is 11.8 Å². The standard InChI is InChI=1S/C13H24O2/c1-4-6-7-8-9-10-12(5-2)11(3)13(14)15/h4,6,11-12H,5,7-10H2,1-3H3,(H,14,15). The lowest BCUT2D eigenvalue weighted by Crippen LogP contribution is -2.20. The first-order valence-electron chi connectivity index (χ1n) is 5.97. The smallest absolute Gasteiger partial charge is 0.306 e. The molecule has 1 N–H and O–H groups in total. The Morgan fingerprint density at radius 1 is 1.40 bits per heavy atom. The number of allylic oxidation sites excluding steroid dienone is 2. The van der Waals surface area contributed by atoms with E-state index in [0.29, 0.717) is 5.92 Å². The van der Waals surface area contributed by atoms with Gasteiger partial charge < -0.3 is 5.11 Å². The van der Waals surface area contributed by atoms with Crippen LogP contribution in [0.25, 0.3) is 0 Å². The molecule has 0 fully saturated rings. The molecule has 2 atom stereocenters. The maximum atomic E-state index is 10.8. The second-order valence-corrected chi connectivity index (χ2v) is 4.15. The predicted molar refractivity (Wildman–Crippen MR) is 63.9 cm³/mol. The highest BCUT2D eigenvalue weighted by molar-refractivity contribution is 5.69. The first-order valence-corrected chi connectivity index (χ1v) is 5.97. The van der Waals surface area contributed by atoms with Crippen molar-refractivity contribution in [1.82, 2.24) is 0 Å². The lowest BCUT2D eigenvalue weighted by molar-refractivity contribution is -0.143. The Labute approximate surface area is 93.4 Å². The molecule has 0 radical (unpaired) electrons. The van der Waals surface area contributed by atoms with E-state index < -0.39 is 5.97 Å². The number of carboxylic acid groups (broad SMARTS) is 1. The molecule has 88 valence electrons. The highest BCUT2D eigenvalue weighted by atomic mass is 16.4. The zero-order chi connectivity index (χ0) is 11.7. The summed E-state index contributed by atoms with van der Waals surface area (Å²) in [5.74, 6) is -0.514. The molecule has 2 heteroatoms. The number of rotatable bonds is 8. The highest BCUT2D eigenvalue weighted by Gasteiger charge is 2.20. The molecular formula is C13H24O2. The molecule has 0 aromatic heterocycles. The van der Waals surface area contributed by atoms with Gasteiger partial charge >= 0.3 is 5.97 Å². The van der Waals surface area contributed by atoms with E-state index in [-0.39, 0.29) is 5.92 Å². The summed E-state index contributed by atoms with van der Waals surface area (Å²) in [5.41, 5.74) is 0. The maximum absolute atomic E-state index is 10.8. The molecule has 0 aromatic carbocycles. The third-order valence-electron chi connectivity index (χ3n) is 3.05. The van der Waals surface area contributed by atoms with Gasteiger partial charge in [-0.1, -0.05) is 38.8 Å². The minimum atomic E-state index is -0.657. The van der Waals surface area contributed by atoms with E-state index in [1.54, 1.807) is 0 Å². The van der Waals surface area contributed by atoms with E-state index in [1.165, 1.54) is 6.42 Å². The number of carboxylic acids is 1. The van der Waals surface area contributed by atoms with E-state index in [2.05, 4.69) is 19.1 Å². The van der Waals surface area contributed by atoms with E-state index in [1.807, 2.05) is 13.8 Å². The third kappa shape index (κ3) is 6.32. The molecule has 15 heavy (non-hydrogen) atoms. The average Bonchev–Trinajstić information content (AvgIpc) is 2.22. The molecule has 0 aliphatic heterocycles. The third-order valence-corrected chi connectivity index (χ3v) is 3.05. The number of aliphatic carboxylic acids is 1. The summed E-state index contributed by atoms with van der Waals surface area (Å²) in [6.45, 7) is 5.93. The van der Waals surface area contributed by atoms with Gasteiger partial charge in [-0.2, -0.15) is 0 Å². The van der Waals surface area contributed by atoms with Crippen LogP contribution in [-0.4, -0.2) is 11.1 Å². The van der Waals surface area contributed by atoms with Crippen LogP contribution in [0.3, 0.4) is 0 Å². The zero-order valence-corrected chi connectivity index (χ0v) is 10.2. The molecule has 0 aliphatic carbocycles. The molecule has 0 saturated heterocycles. The molecule has 2 unspecified atom stereocenters. The Balaban J connectivity index is 3.75. The van der Waals surface area contributed by atoms with Crippen LogP contribution in [0.4, 0.5) is 0 Å². The second kappa shape index (κ2) is 8.51.